The fraction of sp³-hybridized carbons (Fsp3) is 0.208. The maximum absolute atomic E-state index is 12.7. The van der Waals surface area contributed by atoms with Crippen molar-refractivity contribution in [1.29, 1.82) is 0 Å². The minimum Gasteiger partial charge on any atom is -0.455 e. The molecule has 4 rings (SSSR count). The lowest BCUT2D eigenvalue weighted by atomic mass is 10.1. The Kier molecular flexibility index (Phi) is 6.20. The van der Waals surface area contributed by atoms with Crippen LogP contribution in [0.4, 0.5) is 0 Å². The Bertz CT molecular complexity index is 1210. The van der Waals surface area contributed by atoms with Crippen molar-refractivity contribution in [2.24, 2.45) is 0 Å². The molecule has 2 aromatic heterocycles. The van der Waals surface area contributed by atoms with Gasteiger partial charge in [-0.1, -0.05) is 71.3 Å². The highest BCUT2D eigenvalue weighted by atomic mass is 35.5. The summed E-state index contributed by atoms with van der Waals surface area (Å²) < 4.78 is 7.11. The van der Waals surface area contributed by atoms with E-state index < -0.39 is 5.97 Å². The maximum Gasteiger partial charge on any atom is 0.343 e. The first-order chi connectivity index (χ1) is 14.9. The second kappa shape index (κ2) is 9.04. The van der Waals surface area contributed by atoms with Gasteiger partial charge in [0.15, 0.2) is 0 Å². The largest absolute Gasteiger partial charge is 0.455 e. The maximum atomic E-state index is 12.7. The van der Waals surface area contributed by atoms with Gasteiger partial charge in [0, 0.05) is 10.9 Å². The number of aromatic nitrogens is 3. The molecular weight excluding hydrogens is 430 g/mol. The average Bonchev–Trinajstić information content (AvgIpc) is 3.33. The number of rotatable bonds is 6. The van der Waals surface area contributed by atoms with E-state index in [9.17, 15) is 4.79 Å². The van der Waals surface area contributed by atoms with Crippen LogP contribution in [-0.4, -0.2) is 20.7 Å². The molecule has 0 saturated heterocycles. The van der Waals surface area contributed by atoms with E-state index in [0.717, 1.165) is 16.1 Å². The fourth-order valence-corrected chi connectivity index (χ4v) is 4.29. The summed E-state index contributed by atoms with van der Waals surface area (Å²) in [6.45, 7) is 6.41. The lowest BCUT2D eigenvalue weighted by Crippen LogP contribution is -2.07. The Hall–Kier alpha value is -2.96. The summed E-state index contributed by atoms with van der Waals surface area (Å²) in [6, 6.07) is 16.3. The molecule has 7 heteroatoms. The van der Waals surface area contributed by atoms with E-state index in [1.807, 2.05) is 55.6 Å². The third-order valence-corrected chi connectivity index (χ3v) is 6.25. The molecule has 0 aliphatic heterocycles. The summed E-state index contributed by atoms with van der Waals surface area (Å²) in [7, 11) is 0. The first-order valence-electron chi connectivity index (χ1n) is 9.87. The zero-order valence-corrected chi connectivity index (χ0v) is 19.1. The number of hydrogen-bond donors (Lipinski definition) is 0. The van der Waals surface area contributed by atoms with Crippen LogP contribution in [-0.2, 0) is 17.9 Å². The number of hydrogen-bond acceptors (Lipinski definition) is 5. The van der Waals surface area contributed by atoms with Crippen LogP contribution in [0.2, 0.25) is 5.15 Å². The van der Waals surface area contributed by atoms with Crippen molar-refractivity contribution < 1.29 is 9.53 Å². The summed E-state index contributed by atoms with van der Waals surface area (Å²) in [5.74, 6) is -0.498. The van der Waals surface area contributed by atoms with Gasteiger partial charge in [-0.25, -0.2) is 14.5 Å². The highest BCUT2D eigenvalue weighted by Crippen LogP contribution is 2.26. The van der Waals surface area contributed by atoms with E-state index >= 15 is 0 Å². The second-order valence-corrected chi connectivity index (χ2v) is 8.70. The quantitative estimate of drug-likeness (QED) is 0.338. The first-order valence-corrected chi connectivity index (χ1v) is 11.1. The minimum atomic E-state index is -0.498. The standard InChI is InChI=1S/C24H22ClN3O2S/c1-15-4-8-18(9-5-15)12-28-22(25)21(17(3)27-28)24(29)30-13-20-14-31-23(26-20)19-10-6-16(2)7-11-19/h4-11,14H,12-13H2,1-3H3. The van der Waals surface area contributed by atoms with E-state index in [-0.39, 0.29) is 11.8 Å². The molecule has 0 unspecified atom stereocenters. The monoisotopic (exact) mass is 451 g/mol. The predicted molar refractivity (Wildman–Crippen MR) is 124 cm³/mol. The molecule has 0 N–H and O–H groups in total. The van der Waals surface area contributed by atoms with Crippen LogP contribution in [0.25, 0.3) is 10.6 Å². The van der Waals surface area contributed by atoms with Crippen molar-refractivity contribution in [3.05, 3.63) is 92.7 Å². The number of halogens is 1. The predicted octanol–water partition coefficient (Wildman–Crippen LogP) is 5.99. The molecule has 5 nitrogen and oxygen atoms in total. The van der Waals surface area contributed by atoms with Crippen LogP contribution in [0, 0.1) is 20.8 Å². The molecule has 0 amide bonds. The normalized spacial score (nSPS) is 11.0. The zero-order chi connectivity index (χ0) is 22.0. The number of benzene rings is 2. The van der Waals surface area contributed by atoms with Crippen LogP contribution in [0.5, 0.6) is 0 Å². The van der Waals surface area contributed by atoms with E-state index in [1.165, 1.54) is 22.5 Å². The number of thiazole rings is 1. The highest BCUT2D eigenvalue weighted by Gasteiger charge is 2.22. The van der Waals surface area contributed by atoms with E-state index in [0.29, 0.717) is 23.5 Å². The van der Waals surface area contributed by atoms with Gasteiger partial charge in [-0.3, -0.25) is 0 Å². The second-order valence-electron chi connectivity index (χ2n) is 7.48. The summed E-state index contributed by atoms with van der Waals surface area (Å²) in [4.78, 5) is 17.3. The molecule has 31 heavy (non-hydrogen) atoms. The Morgan fingerprint density at radius 1 is 1.03 bits per heavy atom. The number of carbonyl (C=O) groups is 1. The average molecular weight is 452 g/mol. The molecule has 0 aliphatic carbocycles. The van der Waals surface area contributed by atoms with Gasteiger partial charge in [-0.15, -0.1) is 11.3 Å². The van der Waals surface area contributed by atoms with Crippen molar-refractivity contribution in [2.75, 3.05) is 0 Å². The SMILES string of the molecule is Cc1ccc(Cn2nc(C)c(C(=O)OCc3csc(-c4ccc(C)cc4)n3)c2Cl)cc1. The number of aryl methyl sites for hydroxylation is 3. The summed E-state index contributed by atoms with van der Waals surface area (Å²) >= 11 is 7.99. The smallest absolute Gasteiger partial charge is 0.343 e. The van der Waals surface area contributed by atoms with Gasteiger partial charge in [0.05, 0.1) is 17.9 Å². The molecule has 0 spiro atoms. The Labute approximate surface area is 190 Å². The van der Waals surface area contributed by atoms with Crippen molar-refractivity contribution in [2.45, 2.75) is 33.9 Å². The van der Waals surface area contributed by atoms with Crippen LogP contribution < -0.4 is 0 Å². The lowest BCUT2D eigenvalue weighted by molar-refractivity contribution is 0.0468. The Morgan fingerprint density at radius 2 is 1.68 bits per heavy atom. The molecule has 0 fully saturated rings. The number of carbonyl (C=O) groups excluding carboxylic acids is 1. The first kappa shape index (κ1) is 21.3. The third-order valence-electron chi connectivity index (χ3n) is 4.92. The third kappa shape index (κ3) is 4.86. The Morgan fingerprint density at radius 3 is 2.35 bits per heavy atom. The molecule has 0 aliphatic rings. The van der Waals surface area contributed by atoms with Gasteiger partial charge < -0.3 is 4.74 Å². The molecule has 0 saturated carbocycles. The molecule has 0 radical (unpaired) electrons. The van der Waals surface area contributed by atoms with Crippen molar-refractivity contribution in [3.8, 4) is 10.6 Å². The summed E-state index contributed by atoms with van der Waals surface area (Å²) in [6.07, 6.45) is 0. The highest BCUT2D eigenvalue weighted by molar-refractivity contribution is 7.13. The topological polar surface area (TPSA) is 57.0 Å². The van der Waals surface area contributed by atoms with Crippen molar-refractivity contribution in [1.82, 2.24) is 14.8 Å². The van der Waals surface area contributed by atoms with Crippen LogP contribution in [0.15, 0.2) is 53.9 Å². The van der Waals surface area contributed by atoms with Crippen LogP contribution in [0.3, 0.4) is 0 Å². The van der Waals surface area contributed by atoms with Crippen LogP contribution >= 0.6 is 22.9 Å². The van der Waals surface area contributed by atoms with E-state index in [1.54, 1.807) is 11.6 Å². The van der Waals surface area contributed by atoms with Gasteiger partial charge >= 0.3 is 5.97 Å². The van der Waals surface area contributed by atoms with Gasteiger partial charge in [-0.2, -0.15) is 5.10 Å². The van der Waals surface area contributed by atoms with Crippen molar-refractivity contribution in [3.63, 3.8) is 0 Å². The lowest BCUT2D eigenvalue weighted by Gasteiger charge is -2.05. The van der Waals surface area contributed by atoms with Gasteiger partial charge in [-0.05, 0) is 26.3 Å². The van der Waals surface area contributed by atoms with Crippen molar-refractivity contribution >= 4 is 28.9 Å². The van der Waals surface area contributed by atoms with Crippen LogP contribution in [0.1, 0.15) is 38.4 Å². The summed E-state index contributed by atoms with van der Waals surface area (Å²) in [5, 5.41) is 7.50. The molecule has 2 aromatic carbocycles. The number of nitrogens with zero attached hydrogens (tertiary/aromatic N) is 3. The summed E-state index contributed by atoms with van der Waals surface area (Å²) in [5.41, 5.74) is 6.02. The molecule has 0 bridgehead atoms. The molecular formula is C24H22ClN3O2S. The van der Waals surface area contributed by atoms with Gasteiger partial charge in [0.1, 0.15) is 22.3 Å². The molecule has 2 heterocycles. The fourth-order valence-electron chi connectivity index (χ4n) is 3.17. The molecule has 0 atom stereocenters. The molecule has 158 valence electrons. The minimum absolute atomic E-state index is 0.0834. The number of esters is 1. The van der Waals surface area contributed by atoms with Gasteiger partial charge in [0.2, 0.25) is 0 Å². The molecule has 4 aromatic rings. The van der Waals surface area contributed by atoms with E-state index in [2.05, 4.69) is 22.2 Å². The number of ether oxygens (including phenoxy) is 1. The Balaban J connectivity index is 1.44. The zero-order valence-electron chi connectivity index (χ0n) is 17.6. The van der Waals surface area contributed by atoms with Gasteiger partial charge in [0.25, 0.3) is 0 Å². The van der Waals surface area contributed by atoms with E-state index in [4.69, 9.17) is 16.3 Å².